The summed E-state index contributed by atoms with van der Waals surface area (Å²) in [5, 5.41) is 10.3. The van der Waals surface area contributed by atoms with Crippen molar-refractivity contribution in [3.05, 3.63) is 35.9 Å². The van der Waals surface area contributed by atoms with E-state index in [-0.39, 0.29) is 6.10 Å². The normalized spacial score (nSPS) is 26.0. The van der Waals surface area contributed by atoms with Gasteiger partial charge in [-0.05, 0) is 50.3 Å². The van der Waals surface area contributed by atoms with Crippen molar-refractivity contribution in [2.75, 3.05) is 32.8 Å². The van der Waals surface area contributed by atoms with Crippen LogP contribution >= 0.6 is 0 Å². The average Bonchev–Trinajstić information content (AvgIpc) is 3.05. The third-order valence-corrected chi connectivity index (χ3v) is 5.03. The fourth-order valence-electron chi connectivity index (χ4n) is 3.59. The third-order valence-electron chi connectivity index (χ3n) is 5.03. The van der Waals surface area contributed by atoms with E-state index in [9.17, 15) is 5.11 Å². The molecule has 21 heavy (non-hydrogen) atoms. The summed E-state index contributed by atoms with van der Waals surface area (Å²) in [6.07, 6.45) is 4.52. The van der Waals surface area contributed by atoms with Crippen LogP contribution in [0.25, 0.3) is 0 Å². The maximum atomic E-state index is 10.3. The van der Waals surface area contributed by atoms with Gasteiger partial charge in [-0.1, -0.05) is 30.3 Å². The van der Waals surface area contributed by atoms with E-state index in [0.717, 1.165) is 45.2 Å². The molecule has 0 bridgehead atoms. The number of hydrogen-bond donors (Lipinski definition) is 1. The first kappa shape index (κ1) is 15.0. The molecule has 0 aliphatic carbocycles. The number of aliphatic hydroxyl groups is 1. The lowest BCUT2D eigenvalue weighted by molar-refractivity contribution is 0.0441. The zero-order valence-corrected chi connectivity index (χ0v) is 12.8. The van der Waals surface area contributed by atoms with Gasteiger partial charge in [-0.15, -0.1) is 0 Å². The largest absolute Gasteiger partial charge is 0.391 e. The fourth-order valence-corrected chi connectivity index (χ4v) is 3.59. The number of likely N-dealkylation sites (tertiary alicyclic amines) is 1. The van der Waals surface area contributed by atoms with Gasteiger partial charge < -0.3 is 14.7 Å². The molecule has 0 aromatic heterocycles. The Hall–Kier alpha value is -0.900. The van der Waals surface area contributed by atoms with Crippen LogP contribution in [-0.2, 0) is 11.2 Å². The number of benzene rings is 1. The maximum Gasteiger partial charge on any atom is 0.0718 e. The number of aliphatic hydroxyl groups excluding tert-OH is 1. The predicted molar refractivity (Wildman–Crippen MR) is 84.2 cm³/mol. The van der Waals surface area contributed by atoms with Crippen LogP contribution in [0.2, 0.25) is 0 Å². The first-order valence-corrected chi connectivity index (χ1v) is 8.33. The highest BCUT2D eigenvalue weighted by Gasteiger charge is 2.27. The van der Waals surface area contributed by atoms with E-state index in [1.165, 1.54) is 24.8 Å². The minimum Gasteiger partial charge on any atom is -0.391 e. The number of β-amino-alcohol motifs (C(OH)–C–C–N with tert-alkyl or cyclic N) is 1. The van der Waals surface area contributed by atoms with Crippen molar-refractivity contribution < 1.29 is 9.84 Å². The predicted octanol–water partition coefficient (Wildman–Crippen LogP) is 2.34. The van der Waals surface area contributed by atoms with Crippen LogP contribution in [0.4, 0.5) is 0 Å². The Morgan fingerprint density at radius 2 is 1.90 bits per heavy atom. The van der Waals surface area contributed by atoms with Crippen molar-refractivity contribution >= 4 is 0 Å². The zero-order valence-electron chi connectivity index (χ0n) is 12.8. The molecule has 3 rings (SSSR count). The Labute approximate surface area is 127 Å². The lowest BCUT2D eigenvalue weighted by Gasteiger charge is -2.34. The van der Waals surface area contributed by atoms with Crippen LogP contribution in [-0.4, -0.2) is 49.0 Å². The lowest BCUT2D eigenvalue weighted by Crippen LogP contribution is -2.41. The second kappa shape index (κ2) is 7.39. The Balaban J connectivity index is 1.40. The third kappa shape index (κ3) is 4.29. The van der Waals surface area contributed by atoms with E-state index >= 15 is 0 Å². The molecule has 2 aliphatic rings. The summed E-state index contributed by atoms with van der Waals surface area (Å²) in [5.41, 5.74) is 1.46. The van der Waals surface area contributed by atoms with Crippen LogP contribution in [0.15, 0.2) is 30.3 Å². The summed E-state index contributed by atoms with van der Waals surface area (Å²) in [5.74, 6) is 1.16. The maximum absolute atomic E-state index is 10.3. The molecule has 2 fully saturated rings. The van der Waals surface area contributed by atoms with Gasteiger partial charge in [0.15, 0.2) is 0 Å². The molecule has 0 spiro atoms. The van der Waals surface area contributed by atoms with E-state index < -0.39 is 0 Å². The highest BCUT2D eigenvalue weighted by Crippen LogP contribution is 2.23. The highest BCUT2D eigenvalue weighted by molar-refractivity contribution is 5.15. The van der Waals surface area contributed by atoms with Crippen LogP contribution < -0.4 is 0 Å². The minimum absolute atomic E-state index is 0.210. The molecule has 2 unspecified atom stereocenters. The monoisotopic (exact) mass is 289 g/mol. The standard InChI is InChI=1S/C18H27NO2/c20-18(17-8-11-21-14-17)13-19-9-6-16(7-10-19)12-15-4-2-1-3-5-15/h1-5,16-18,20H,6-14H2. The van der Waals surface area contributed by atoms with E-state index in [2.05, 4.69) is 35.2 Å². The summed E-state index contributed by atoms with van der Waals surface area (Å²) in [6, 6.07) is 10.8. The first-order chi connectivity index (χ1) is 10.3. The second-order valence-corrected chi connectivity index (χ2v) is 6.62. The Bertz CT molecular complexity index is 408. The average molecular weight is 289 g/mol. The number of nitrogens with zero attached hydrogens (tertiary/aromatic N) is 1. The van der Waals surface area contributed by atoms with Gasteiger partial charge in [0.25, 0.3) is 0 Å². The molecule has 2 heterocycles. The van der Waals surface area contributed by atoms with Crippen molar-refractivity contribution in [1.29, 1.82) is 0 Å². The first-order valence-electron chi connectivity index (χ1n) is 8.33. The Morgan fingerprint density at radius 1 is 1.14 bits per heavy atom. The zero-order chi connectivity index (χ0) is 14.5. The molecular formula is C18H27NO2. The lowest BCUT2D eigenvalue weighted by atomic mass is 9.89. The molecular weight excluding hydrogens is 262 g/mol. The SMILES string of the molecule is OC(CN1CCC(Cc2ccccc2)CC1)C1CCOC1. The molecule has 1 N–H and O–H groups in total. The molecule has 2 saturated heterocycles. The van der Waals surface area contributed by atoms with Crippen molar-refractivity contribution in [3.63, 3.8) is 0 Å². The van der Waals surface area contributed by atoms with Gasteiger partial charge in [-0.2, -0.15) is 0 Å². The fraction of sp³-hybridized carbons (Fsp3) is 0.667. The highest BCUT2D eigenvalue weighted by atomic mass is 16.5. The van der Waals surface area contributed by atoms with E-state index in [4.69, 9.17) is 4.74 Å². The number of piperidine rings is 1. The molecule has 3 heteroatoms. The molecule has 2 atom stereocenters. The Kier molecular flexibility index (Phi) is 5.28. The summed E-state index contributed by atoms with van der Waals surface area (Å²) in [4.78, 5) is 2.44. The molecule has 1 aromatic carbocycles. The smallest absolute Gasteiger partial charge is 0.0718 e. The summed E-state index contributed by atoms with van der Waals surface area (Å²) >= 11 is 0. The van der Waals surface area contributed by atoms with Crippen LogP contribution in [0.5, 0.6) is 0 Å². The molecule has 0 radical (unpaired) electrons. The van der Waals surface area contributed by atoms with Crippen LogP contribution in [0, 0.1) is 11.8 Å². The molecule has 2 aliphatic heterocycles. The van der Waals surface area contributed by atoms with Gasteiger partial charge in [0.2, 0.25) is 0 Å². The molecule has 3 nitrogen and oxygen atoms in total. The topological polar surface area (TPSA) is 32.7 Å². The van der Waals surface area contributed by atoms with Gasteiger partial charge in [0.05, 0.1) is 12.7 Å². The van der Waals surface area contributed by atoms with Gasteiger partial charge >= 0.3 is 0 Å². The van der Waals surface area contributed by atoms with Crippen molar-refractivity contribution in [1.82, 2.24) is 4.90 Å². The Morgan fingerprint density at radius 3 is 2.57 bits per heavy atom. The van der Waals surface area contributed by atoms with E-state index in [0.29, 0.717) is 5.92 Å². The molecule has 0 saturated carbocycles. The minimum atomic E-state index is -0.210. The van der Waals surface area contributed by atoms with Gasteiger partial charge in [-0.3, -0.25) is 0 Å². The summed E-state index contributed by atoms with van der Waals surface area (Å²) < 4.78 is 5.37. The van der Waals surface area contributed by atoms with Crippen LogP contribution in [0.3, 0.4) is 0 Å². The van der Waals surface area contributed by atoms with Crippen LogP contribution in [0.1, 0.15) is 24.8 Å². The van der Waals surface area contributed by atoms with Crippen molar-refractivity contribution in [2.24, 2.45) is 11.8 Å². The number of rotatable bonds is 5. The molecule has 1 aromatic rings. The van der Waals surface area contributed by atoms with E-state index in [1.54, 1.807) is 0 Å². The van der Waals surface area contributed by atoms with Gasteiger partial charge in [0.1, 0.15) is 0 Å². The molecule has 0 amide bonds. The summed E-state index contributed by atoms with van der Waals surface area (Å²) in [7, 11) is 0. The van der Waals surface area contributed by atoms with Gasteiger partial charge in [-0.25, -0.2) is 0 Å². The van der Waals surface area contributed by atoms with Gasteiger partial charge in [0, 0.05) is 19.1 Å². The summed E-state index contributed by atoms with van der Waals surface area (Å²) in [6.45, 7) is 4.64. The number of ether oxygens (including phenoxy) is 1. The number of hydrogen-bond acceptors (Lipinski definition) is 3. The second-order valence-electron chi connectivity index (χ2n) is 6.62. The van der Waals surface area contributed by atoms with E-state index in [1.807, 2.05) is 0 Å². The van der Waals surface area contributed by atoms with Crippen molar-refractivity contribution in [2.45, 2.75) is 31.8 Å². The van der Waals surface area contributed by atoms with Crippen molar-refractivity contribution in [3.8, 4) is 0 Å². The quantitative estimate of drug-likeness (QED) is 0.903. The molecule has 116 valence electrons.